The molecule has 6 nitrogen and oxygen atoms in total. The highest BCUT2D eigenvalue weighted by atomic mass is 32.1. The third-order valence-electron chi connectivity index (χ3n) is 5.44. The third-order valence-corrected chi connectivity index (χ3v) is 6.47. The van der Waals surface area contributed by atoms with E-state index >= 15 is 0 Å². The minimum Gasteiger partial charge on any atom is -0.493 e. The molecule has 3 aromatic rings. The van der Waals surface area contributed by atoms with Crippen molar-refractivity contribution in [1.29, 1.82) is 0 Å². The molecule has 0 atom stereocenters. The van der Waals surface area contributed by atoms with Crippen molar-refractivity contribution in [3.05, 3.63) is 62.6 Å². The maximum atomic E-state index is 12.5. The monoisotopic (exact) mass is 412 g/mol. The van der Waals surface area contributed by atoms with Gasteiger partial charge in [-0.05, 0) is 55.4 Å². The van der Waals surface area contributed by atoms with E-state index < -0.39 is 11.5 Å². The lowest BCUT2D eigenvalue weighted by atomic mass is 9.95. The number of fused-ring (bicyclic) bond motifs is 1. The number of methoxy groups -OCH3 is 1. The summed E-state index contributed by atoms with van der Waals surface area (Å²) >= 11 is 1.83. The smallest absolute Gasteiger partial charge is 0.349 e. The van der Waals surface area contributed by atoms with Crippen molar-refractivity contribution < 1.29 is 13.9 Å². The fourth-order valence-electron chi connectivity index (χ4n) is 3.82. The average Bonchev–Trinajstić information content (AvgIpc) is 3.28. The number of carbonyl (C=O) groups excluding carboxylic acids is 1. The molecule has 0 saturated carbocycles. The number of ether oxygens (including phenoxy) is 1. The largest absolute Gasteiger partial charge is 0.493 e. The Kier molecular flexibility index (Phi) is 5.97. The van der Waals surface area contributed by atoms with E-state index in [9.17, 15) is 9.59 Å². The highest BCUT2D eigenvalue weighted by Gasteiger charge is 2.21. The molecule has 2 aromatic heterocycles. The lowest BCUT2D eigenvalue weighted by Crippen LogP contribution is -2.39. The fourth-order valence-corrected chi connectivity index (χ4v) is 4.72. The summed E-state index contributed by atoms with van der Waals surface area (Å²) in [5.41, 5.74) is -0.288. The third kappa shape index (κ3) is 4.36. The van der Waals surface area contributed by atoms with Crippen molar-refractivity contribution in [2.75, 3.05) is 33.3 Å². The number of thiophene rings is 1. The van der Waals surface area contributed by atoms with Gasteiger partial charge in [-0.3, -0.25) is 4.79 Å². The zero-order chi connectivity index (χ0) is 20.2. The topological polar surface area (TPSA) is 71.8 Å². The number of piperidine rings is 1. The van der Waals surface area contributed by atoms with Gasteiger partial charge in [-0.15, -0.1) is 11.3 Å². The number of rotatable bonds is 6. The van der Waals surface area contributed by atoms with Gasteiger partial charge in [-0.1, -0.05) is 18.2 Å². The standard InChI is InChI=1S/C22H24N2O4S/c1-27-18-5-2-4-16-14-17(22(26)28-20(16)18)21(25)23-9-12-24-10-7-15(8-11-24)19-6-3-13-29-19/h2-6,13-15H,7-12H2,1H3,(H,23,25). The van der Waals surface area contributed by atoms with E-state index in [1.807, 2.05) is 11.3 Å². The van der Waals surface area contributed by atoms with Gasteiger partial charge in [0.05, 0.1) is 7.11 Å². The highest BCUT2D eigenvalue weighted by molar-refractivity contribution is 7.10. The molecule has 1 N–H and O–H groups in total. The second kappa shape index (κ2) is 8.80. The van der Waals surface area contributed by atoms with Crippen LogP contribution >= 0.6 is 11.3 Å². The first-order valence-electron chi connectivity index (χ1n) is 9.80. The van der Waals surface area contributed by atoms with Crippen LogP contribution in [0.15, 0.2) is 51.0 Å². The normalized spacial score (nSPS) is 15.5. The Balaban J connectivity index is 1.32. The van der Waals surface area contributed by atoms with E-state index in [1.54, 1.807) is 24.3 Å². The molecule has 152 valence electrons. The molecular weight excluding hydrogens is 388 g/mol. The summed E-state index contributed by atoms with van der Waals surface area (Å²) in [7, 11) is 1.51. The fraction of sp³-hybridized carbons (Fsp3) is 0.364. The van der Waals surface area contributed by atoms with Crippen LogP contribution in [0.5, 0.6) is 5.75 Å². The summed E-state index contributed by atoms with van der Waals surface area (Å²) < 4.78 is 10.5. The first-order chi connectivity index (χ1) is 14.2. The van der Waals surface area contributed by atoms with Crippen molar-refractivity contribution in [2.24, 2.45) is 0 Å². The number of hydrogen-bond donors (Lipinski definition) is 1. The summed E-state index contributed by atoms with van der Waals surface area (Å²) in [4.78, 5) is 28.6. The number of nitrogens with zero attached hydrogens (tertiary/aromatic N) is 1. The number of likely N-dealkylation sites (tertiary alicyclic amines) is 1. The van der Waals surface area contributed by atoms with E-state index in [0.29, 0.717) is 29.2 Å². The Hall–Kier alpha value is -2.64. The Bertz CT molecular complexity index is 1040. The van der Waals surface area contributed by atoms with Gasteiger partial charge in [0.15, 0.2) is 11.3 Å². The first kappa shape index (κ1) is 19.7. The zero-order valence-corrected chi connectivity index (χ0v) is 17.2. The first-order valence-corrected chi connectivity index (χ1v) is 10.7. The van der Waals surface area contributed by atoms with Crippen LogP contribution in [-0.4, -0.2) is 44.1 Å². The molecule has 0 aliphatic carbocycles. The lowest BCUT2D eigenvalue weighted by molar-refractivity contribution is 0.0942. The molecule has 0 unspecified atom stereocenters. The lowest BCUT2D eigenvalue weighted by Gasteiger charge is -2.31. The summed E-state index contributed by atoms with van der Waals surface area (Å²) in [5, 5.41) is 5.64. The molecule has 1 aliphatic rings. The SMILES string of the molecule is COc1cccc2cc(C(=O)NCCN3CCC(c4cccs4)CC3)c(=O)oc12. The minimum absolute atomic E-state index is 0.0159. The van der Waals surface area contributed by atoms with Crippen LogP contribution in [0.1, 0.15) is 34.0 Å². The second-order valence-corrected chi connectivity index (χ2v) is 8.19. The Morgan fingerprint density at radius 1 is 1.28 bits per heavy atom. The Morgan fingerprint density at radius 2 is 2.10 bits per heavy atom. The van der Waals surface area contributed by atoms with Crippen molar-refractivity contribution in [1.82, 2.24) is 10.2 Å². The Morgan fingerprint density at radius 3 is 2.83 bits per heavy atom. The highest BCUT2D eigenvalue weighted by Crippen LogP contribution is 2.30. The molecule has 1 fully saturated rings. The van der Waals surface area contributed by atoms with Crippen molar-refractivity contribution in [3.63, 3.8) is 0 Å². The summed E-state index contributed by atoms with van der Waals surface area (Å²) in [6, 6.07) is 11.2. The van der Waals surface area contributed by atoms with Crippen LogP contribution in [0.2, 0.25) is 0 Å². The average molecular weight is 413 g/mol. The van der Waals surface area contributed by atoms with Gasteiger partial charge < -0.3 is 19.4 Å². The molecule has 1 aromatic carbocycles. The maximum absolute atomic E-state index is 12.5. The molecule has 1 amide bonds. The van der Waals surface area contributed by atoms with Crippen LogP contribution in [0.3, 0.4) is 0 Å². The summed E-state index contributed by atoms with van der Waals surface area (Å²) in [6.07, 6.45) is 2.29. The number of carbonyl (C=O) groups is 1. The molecule has 1 saturated heterocycles. The quantitative estimate of drug-likeness (QED) is 0.628. The molecule has 0 bridgehead atoms. The Labute approximate surface area is 173 Å². The number of amides is 1. The van der Waals surface area contributed by atoms with Crippen LogP contribution in [0, 0.1) is 0 Å². The van der Waals surface area contributed by atoms with E-state index in [2.05, 4.69) is 27.7 Å². The van der Waals surface area contributed by atoms with Gasteiger partial charge in [0.1, 0.15) is 5.56 Å². The zero-order valence-electron chi connectivity index (χ0n) is 16.3. The van der Waals surface area contributed by atoms with E-state index in [1.165, 1.54) is 12.0 Å². The van der Waals surface area contributed by atoms with Crippen LogP contribution in [0.25, 0.3) is 11.0 Å². The van der Waals surface area contributed by atoms with Gasteiger partial charge in [0.25, 0.3) is 5.91 Å². The molecule has 0 spiro atoms. The van der Waals surface area contributed by atoms with Crippen molar-refractivity contribution >= 4 is 28.2 Å². The van der Waals surface area contributed by atoms with Gasteiger partial charge in [0.2, 0.25) is 0 Å². The molecule has 29 heavy (non-hydrogen) atoms. The van der Waals surface area contributed by atoms with Crippen molar-refractivity contribution in [3.8, 4) is 5.75 Å². The van der Waals surface area contributed by atoms with Crippen LogP contribution in [0.4, 0.5) is 0 Å². The molecule has 4 rings (SSSR count). The minimum atomic E-state index is -0.656. The van der Waals surface area contributed by atoms with Gasteiger partial charge in [-0.25, -0.2) is 4.79 Å². The van der Waals surface area contributed by atoms with E-state index in [0.717, 1.165) is 32.5 Å². The molecule has 3 heterocycles. The molecule has 7 heteroatoms. The second-order valence-electron chi connectivity index (χ2n) is 7.21. The van der Waals surface area contributed by atoms with Crippen LogP contribution in [-0.2, 0) is 0 Å². The van der Waals surface area contributed by atoms with Gasteiger partial charge in [-0.2, -0.15) is 0 Å². The number of nitrogens with one attached hydrogen (secondary N) is 1. The molecule has 0 radical (unpaired) electrons. The number of hydrogen-bond acceptors (Lipinski definition) is 6. The summed E-state index contributed by atoms with van der Waals surface area (Å²) in [5.74, 6) is 0.717. The van der Waals surface area contributed by atoms with E-state index in [-0.39, 0.29) is 5.56 Å². The summed E-state index contributed by atoms with van der Waals surface area (Å²) in [6.45, 7) is 3.32. The molecular formula is C22H24N2O4S. The van der Waals surface area contributed by atoms with Crippen molar-refractivity contribution in [2.45, 2.75) is 18.8 Å². The predicted molar refractivity (Wildman–Crippen MR) is 114 cm³/mol. The predicted octanol–water partition coefficient (Wildman–Crippen LogP) is 3.47. The number of para-hydroxylation sites is 1. The van der Waals surface area contributed by atoms with E-state index in [4.69, 9.17) is 9.15 Å². The van der Waals surface area contributed by atoms with Crippen LogP contribution < -0.4 is 15.7 Å². The van der Waals surface area contributed by atoms with Gasteiger partial charge in [0, 0.05) is 23.4 Å². The number of benzene rings is 1. The van der Waals surface area contributed by atoms with Gasteiger partial charge >= 0.3 is 5.63 Å². The molecule has 1 aliphatic heterocycles. The maximum Gasteiger partial charge on any atom is 0.349 e.